The Hall–Kier alpha value is -1.65. The first-order valence-electron chi connectivity index (χ1n) is 7.15. The molecule has 0 amide bonds. The number of hydrogen-bond donors (Lipinski definition) is 3. The molecule has 7 nitrogen and oxygen atoms in total. The lowest BCUT2D eigenvalue weighted by atomic mass is 9.79. The Balaban J connectivity index is 2.03. The first-order chi connectivity index (χ1) is 11.9. The first kappa shape index (κ1) is 19.7. The zero-order valence-electron chi connectivity index (χ0n) is 13.1. The van der Waals surface area contributed by atoms with E-state index in [1.54, 1.807) is 18.4 Å². The van der Waals surface area contributed by atoms with Gasteiger partial charge in [0.25, 0.3) is 0 Å². The van der Waals surface area contributed by atoms with Crippen LogP contribution in [0.3, 0.4) is 0 Å². The zero-order valence-corrected chi connectivity index (χ0v) is 15.4. The molecule has 2 rings (SSSR count). The van der Waals surface area contributed by atoms with Crippen molar-refractivity contribution in [3.63, 3.8) is 0 Å². The van der Waals surface area contributed by atoms with Gasteiger partial charge in [-0.15, -0.1) is 11.3 Å². The predicted molar refractivity (Wildman–Crippen MR) is 100.0 cm³/mol. The molecule has 0 saturated carbocycles. The molecular weight excluding hydrogens is 388 g/mol. The second kappa shape index (κ2) is 9.16. The lowest BCUT2D eigenvalue weighted by Crippen LogP contribution is -2.32. The number of nitrogens with one attached hydrogen (secondary N) is 1. The summed E-state index contributed by atoms with van der Waals surface area (Å²) in [6, 6.07) is 3.08. The molecule has 25 heavy (non-hydrogen) atoms. The number of hydrazone groups is 1. The number of benzene rings is 1. The highest BCUT2D eigenvalue weighted by Crippen LogP contribution is 2.19. The SMILES string of the molecule is CCOC(=O)Cc1csc(NN=Cc2ccc(Cl)c(B(O)O)c2Cl)n1. The lowest BCUT2D eigenvalue weighted by molar-refractivity contribution is -0.142. The Morgan fingerprint density at radius 2 is 2.24 bits per heavy atom. The maximum Gasteiger partial charge on any atom is 0.491 e. The molecule has 3 N–H and O–H groups in total. The summed E-state index contributed by atoms with van der Waals surface area (Å²) in [6.07, 6.45) is 1.49. The van der Waals surface area contributed by atoms with Gasteiger partial charge in [-0.3, -0.25) is 10.2 Å². The van der Waals surface area contributed by atoms with Gasteiger partial charge in [0.05, 0.1) is 30.0 Å². The van der Waals surface area contributed by atoms with Crippen LogP contribution in [0.15, 0.2) is 22.6 Å². The molecule has 0 aliphatic carbocycles. The third kappa shape index (κ3) is 5.42. The fourth-order valence-electron chi connectivity index (χ4n) is 1.88. The van der Waals surface area contributed by atoms with Crippen LogP contribution in [0.5, 0.6) is 0 Å². The van der Waals surface area contributed by atoms with Gasteiger partial charge >= 0.3 is 13.1 Å². The topological polar surface area (TPSA) is 104 Å². The van der Waals surface area contributed by atoms with Crippen molar-refractivity contribution >= 4 is 64.4 Å². The summed E-state index contributed by atoms with van der Waals surface area (Å²) in [5.41, 5.74) is 3.76. The normalized spacial score (nSPS) is 10.9. The number of ether oxygens (including phenoxy) is 1. The summed E-state index contributed by atoms with van der Waals surface area (Å²) in [5, 5.41) is 25.1. The van der Waals surface area contributed by atoms with Crippen LogP contribution in [0.1, 0.15) is 18.2 Å². The van der Waals surface area contributed by atoms with Gasteiger partial charge in [0.1, 0.15) is 0 Å². The number of carbonyl (C=O) groups excluding carboxylic acids is 1. The van der Waals surface area contributed by atoms with Crippen LogP contribution < -0.4 is 10.9 Å². The highest BCUT2D eigenvalue weighted by molar-refractivity contribution is 7.13. The molecule has 1 heterocycles. The number of nitrogens with zero attached hydrogens (tertiary/aromatic N) is 2. The van der Waals surface area contributed by atoms with E-state index in [-0.39, 0.29) is 27.9 Å². The number of hydrogen-bond acceptors (Lipinski definition) is 8. The summed E-state index contributed by atoms with van der Waals surface area (Å²) in [4.78, 5) is 15.6. The predicted octanol–water partition coefficient (Wildman–Crippen LogP) is 1.68. The lowest BCUT2D eigenvalue weighted by Gasteiger charge is -2.07. The molecule has 11 heteroatoms. The second-order valence-electron chi connectivity index (χ2n) is 4.73. The van der Waals surface area contributed by atoms with Crippen LogP contribution in [-0.2, 0) is 16.0 Å². The van der Waals surface area contributed by atoms with Gasteiger partial charge in [0.2, 0.25) is 5.13 Å². The van der Waals surface area contributed by atoms with E-state index >= 15 is 0 Å². The number of carbonyl (C=O) groups is 1. The van der Waals surface area contributed by atoms with Crippen molar-refractivity contribution < 1.29 is 19.6 Å². The van der Waals surface area contributed by atoms with E-state index in [4.69, 9.17) is 27.9 Å². The molecule has 0 bridgehead atoms. The minimum Gasteiger partial charge on any atom is -0.466 e. The third-order valence-corrected chi connectivity index (χ3v) is 4.51. The van der Waals surface area contributed by atoms with Gasteiger partial charge in [-0.25, -0.2) is 4.98 Å². The van der Waals surface area contributed by atoms with Crippen LogP contribution in [0, 0.1) is 0 Å². The second-order valence-corrected chi connectivity index (χ2v) is 6.38. The summed E-state index contributed by atoms with van der Waals surface area (Å²) in [6.45, 7) is 2.06. The van der Waals surface area contributed by atoms with Gasteiger partial charge in [-0.2, -0.15) is 5.10 Å². The fourth-order valence-corrected chi connectivity index (χ4v) is 3.15. The number of halogens is 2. The summed E-state index contributed by atoms with van der Waals surface area (Å²) in [5.74, 6) is -0.342. The van der Waals surface area contributed by atoms with E-state index < -0.39 is 7.12 Å². The Morgan fingerprint density at radius 3 is 2.92 bits per heavy atom. The van der Waals surface area contributed by atoms with Crippen LogP contribution in [-0.4, -0.2) is 40.9 Å². The van der Waals surface area contributed by atoms with Gasteiger partial charge in [-0.05, 0) is 13.0 Å². The van der Waals surface area contributed by atoms with E-state index in [0.717, 1.165) is 0 Å². The van der Waals surface area contributed by atoms with E-state index in [0.29, 0.717) is 23.0 Å². The minimum atomic E-state index is -1.79. The average molecular weight is 402 g/mol. The molecule has 0 spiro atoms. The number of esters is 1. The molecule has 0 aliphatic heterocycles. The molecular formula is C14H14BCl2N3O4S. The van der Waals surface area contributed by atoms with Crippen molar-refractivity contribution in [2.24, 2.45) is 5.10 Å². The van der Waals surface area contributed by atoms with E-state index in [2.05, 4.69) is 15.5 Å². The third-order valence-electron chi connectivity index (χ3n) is 2.96. The van der Waals surface area contributed by atoms with Gasteiger partial charge < -0.3 is 14.8 Å². The Morgan fingerprint density at radius 1 is 1.48 bits per heavy atom. The quantitative estimate of drug-likeness (QED) is 0.282. The van der Waals surface area contributed by atoms with Crippen molar-refractivity contribution in [1.29, 1.82) is 0 Å². The van der Waals surface area contributed by atoms with Crippen molar-refractivity contribution in [3.8, 4) is 0 Å². The Bertz CT molecular complexity index is 785. The van der Waals surface area contributed by atoms with E-state index in [1.807, 2.05) is 0 Å². The average Bonchev–Trinajstić information content (AvgIpc) is 2.97. The van der Waals surface area contributed by atoms with Crippen LogP contribution in [0.2, 0.25) is 10.0 Å². The van der Waals surface area contributed by atoms with Crippen molar-refractivity contribution in [1.82, 2.24) is 4.98 Å². The van der Waals surface area contributed by atoms with Crippen LogP contribution in [0.4, 0.5) is 5.13 Å². The number of aromatic nitrogens is 1. The monoisotopic (exact) mass is 401 g/mol. The maximum absolute atomic E-state index is 11.4. The molecule has 132 valence electrons. The van der Waals surface area contributed by atoms with Gasteiger partial charge in [0.15, 0.2) is 0 Å². The molecule has 0 saturated heterocycles. The summed E-state index contributed by atoms with van der Waals surface area (Å²) < 4.78 is 4.86. The van der Waals surface area contributed by atoms with Crippen molar-refractivity contribution in [3.05, 3.63) is 38.8 Å². The maximum atomic E-state index is 11.4. The van der Waals surface area contributed by atoms with Gasteiger partial charge in [-0.1, -0.05) is 29.3 Å². The van der Waals surface area contributed by atoms with Gasteiger partial charge in [0, 0.05) is 21.4 Å². The number of anilines is 1. The molecule has 1 aromatic carbocycles. The molecule has 0 fully saturated rings. The fraction of sp³-hybridized carbons (Fsp3) is 0.214. The highest BCUT2D eigenvalue weighted by atomic mass is 35.5. The Labute approximate surface area is 158 Å². The summed E-state index contributed by atoms with van der Waals surface area (Å²) >= 11 is 13.3. The zero-order chi connectivity index (χ0) is 18.4. The van der Waals surface area contributed by atoms with E-state index in [1.165, 1.54) is 23.6 Å². The Kier molecular flexibility index (Phi) is 7.21. The van der Waals surface area contributed by atoms with Crippen LogP contribution in [0.25, 0.3) is 0 Å². The molecule has 1 aromatic heterocycles. The molecule has 0 radical (unpaired) electrons. The van der Waals surface area contributed by atoms with Crippen molar-refractivity contribution in [2.75, 3.05) is 12.0 Å². The molecule has 0 atom stereocenters. The molecule has 0 aliphatic rings. The minimum absolute atomic E-state index is 0.0123. The number of thiazole rings is 1. The standard InChI is InChI=1S/C14H14BCl2N3O4S/c1-2-24-11(21)5-9-7-25-14(19-9)20-18-6-8-3-4-10(16)12(13(8)17)15(22)23/h3-4,6-7,22-23H,2,5H2,1H3,(H,19,20). The van der Waals surface area contributed by atoms with Crippen molar-refractivity contribution in [2.45, 2.75) is 13.3 Å². The number of rotatable bonds is 7. The highest BCUT2D eigenvalue weighted by Gasteiger charge is 2.21. The largest absolute Gasteiger partial charge is 0.491 e. The smallest absolute Gasteiger partial charge is 0.466 e. The van der Waals surface area contributed by atoms with E-state index in [9.17, 15) is 14.8 Å². The molecule has 2 aromatic rings. The summed E-state index contributed by atoms with van der Waals surface area (Å²) in [7, 11) is -1.79. The first-order valence-corrected chi connectivity index (χ1v) is 8.79. The van der Waals surface area contributed by atoms with Crippen LogP contribution >= 0.6 is 34.5 Å². The molecule has 0 unspecified atom stereocenters.